The molecule has 0 aliphatic carbocycles. The minimum atomic E-state index is -3.88. The van der Waals surface area contributed by atoms with Gasteiger partial charge in [-0.15, -0.1) is 0 Å². The number of methoxy groups -OCH3 is 1. The van der Waals surface area contributed by atoms with Crippen LogP contribution >= 0.6 is 0 Å². The van der Waals surface area contributed by atoms with Gasteiger partial charge in [0, 0.05) is 26.4 Å². The fourth-order valence-electron chi connectivity index (χ4n) is 1.85. The Labute approximate surface area is 297 Å². The molecule has 0 saturated carbocycles. The zero-order chi connectivity index (χ0) is 42.9. The van der Waals surface area contributed by atoms with E-state index in [2.05, 4.69) is 28.4 Å². The molecule has 9 N–H and O–H groups in total. The maximum atomic E-state index is 11.6. The summed E-state index contributed by atoms with van der Waals surface area (Å²) in [4.78, 5) is 0. The molecule has 0 aromatic carbocycles. The van der Waals surface area contributed by atoms with Crippen LogP contribution < -0.4 is 0 Å². The monoisotopic (exact) mass is 1630 g/mol. The Kier molecular flexibility index (Phi) is 65.7. The van der Waals surface area contributed by atoms with Crippen LogP contribution in [0.2, 0.25) is 0 Å². The second-order valence-corrected chi connectivity index (χ2v) is 8.99. The predicted octanol–water partition coefficient (Wildman–Crippen LogP) is 0.788. The van der Waals surface area contributed by atoms with E-state index in [9.17, 15) is 48.3 Å². The fraction of sp³-hybridized carbons (Fsp3) is 0.885. The largest absolute Gasteiger partial charge is 0.419 e. The molecule has 0 saturated heterocycles. The van der Waals surface area contributed by atoms with E-state index in [1.165, 1.54) is 0 Å². The second kappa shape index (κ2) is 50.6. The summed E-state index contributed by atoms with van der Waals surface area (Å²) in [6, 6.07) is 0. The van der Waals surface area contributed by atoms with Crippen LogP contribution in [0.1, 0.15) is 13.3 Å². The van der Waals surface area contributed by atoms with Crippen LogP contribution in [-0.4, -0.2) is 182 Å². The maximum Gasteiger partial charge on any atom is 0.376 e. The molecule has 0 amide bonds. The van der Waals surface area contributed by atoms with Crippen molar-refractivity contribution < 1.29 is 127 Å². The van der Waals surface area contributed by atoms with Crippen molar-refractivity contribution in [2.24, 2.45) is 0 Å². The Morgan fingerprint density at radius 2 is 0.839 bits per heavy atom. The molecule has 30 heteroatoms. The first kappa shape index (κ1) is 72.8. The van der Waals surface area contributed by atoms with Crippen molar-refractivity contribution in [3.63, 3.8) is 0 Å². The van der Waals surface area contributed by atoms with Crippen LogP contribution in [0.4, 0.5) is 52.8 Å². The summed E-state index contributed by atoms with van der Waals surface area (Å²) in [5.74, 6) is 0. The van der Waals surface area contributed by atoms with Crippen molar-refractivity contribution in [1.82, 2.24) is 0 Å². The van der Waals surface area contributed by atoms with Gasteiger partial charge in [-0.1, -0.05) is 11.4 Å². The van der Waals surface area contributed by atoms with Gasteiger partial charge in [-0.25, -0.2) is 9.70 Å². The summed E-state index contributed by atoms with van der Waals surface area (Å²) in [7, 11) is 1.09. The zero-order valence-electron chi connectivity index (χ0n) is 30.5. The van der Waals surface area contributed by atoms with Crippen LogP contribution in [0.25, 0.3) is 0 Å². The first-order valence-electron chi connectivity index (χ1n) is 14.3. The quantitative estimate of drug-likeness (QED) is 0.0349. The van der Waals surface area contributed by atoms with Crippen LogP contribution in [0.3, 0.4) is 0 Å². The third-order valence-corrected chi connectivity index (χ3v) is 3.89. The smallest absolute Gasteiger partial charge is 0.376 e. The summed E-state index contributed by atoms with van der Waals surface area (Å²) < 4.78 is 159. The number of alkyl halides is 5. The molecule has 4 unspecified atom stereocenters. The molecule has 56 heavy (non-hydrogen) atoms. The van der Waals surface area contributed by atoms with E-state index in [1.807, 2.05) is 0 Å². The molecule has 15 nitrogen and oxygen atoms in total. The van der Waals surface area contributed by atoms with E-state index in [0.29, 0.717) is 6.42 Å². The topological polar surface area (TPSA) is 237 Å². The first-order chi connectivity index (χ1) is 24.5. The van der Waals surface area contributed by atoms with Crippen LogP contribution in [0.5, 0.6) is 0 Å². The summed E-state index contributed by atoms with van der Waals surface area (Å²) in [5.41, 5.74) is 0. The predicted molar refractivity (Wildman–Crippen MR) is 154 cm³/mol. The van der Waals surface area contributed by atoms with Gasteiger partial charge < -0.3 is 95.6 Å². The number of aliphatic hydroxyl groups excluding tert-OH is 6. The molecule has 0 radical (unpaired) electrons. The number of hydrogen-bond acceptors (Lipinski definition) is 15. The fourth-order valence-corrected chi connectivity index (χ4v) is 1.85. The van der Waals surface area contributed by atoms with E-state index in [4.69, 9.17) is 50.7 Å². The molecule has 336 valence electrons. The third-order valence-electron chi connectivity index (χ3n) is 3.89. The van der Waals surface area contributed by atoms with Gasteiger partial charge in [-0.05, 0) is 26.2 Å². The van der Waals surface area contributed by atoms with Gasteiger partial charge in [-0.2, -0.15) is 17.6 Å². The molecule has 0 aromatic heterocycles. The van der Waals surface area contributed by atoms with E-state index >= 15 is 0 Å². The van der Waals surface area contributed by atoms with Gasteiger partial charge in [0.15, 0.2) is 0 Å². The van der Waals surface area contributed by atoms with Crippen LogP contribution in [-0.2, 0) is 28.4 Å². The molecule has 4 atom stereocenters. The Hall–Kier alpha value is -4.44. The molecule has 0 rings (SSSR count). The van der Waals surface area contributed by atoms with E-state index in [0.717, 1.165) is 7.11 Å². The van der Waals surface area contributed by atoms with Gasteiger partial charge in [0.25, 0.3) is 0 Å². The van der Waals surface area contributed by atoms with E-state index in [-0.39, 0.29) is 33.0 Å². The average Bonchev–Trinajstić information content (AvgIpc) is 3.05. The zero-order valence-corrected chi connectivity index (χ0v) is 49.7. The molecule has 0 spiro atoms. The molecule has 0 aromatic rings. The molecule has 0 heterocycles. The summed E-state index contributed by atoms with van der Waals surface area (Å²) in [5, 5.41) is 72.1. The number of rotatable bonds is 25. The van der Waals surface area contributed by atoms with Crippen molar-refractivity contribution >= 4 is 0 Å². The Bertz CT molecular complexity index is 673. The number of hydrogen-bond donors (Lipinski definition) is 9. The first-order valence-corrected chi connectivity index (χ1v) is 14.3. The van der Waals surface area contributed by atoms with Gasteiger partial charge in [0.05, 0.1) is 59.0 Å². The molecular weight excluding hydrogens is 1580 g/mol. The third kappa shape index (κ3) is 92.4. The van der Waals surface area contributed by atoms with E-state index in [1.54, 1.807) is 6.92 Å². The molecule has 0 aliphatic rings. The normalized spacial score (nSPS) is 12.8. The second-order valence-electron chi connectivity index (χ2n) is 8.99. The maximum absolute atomic E-state index is 11.6. The number of ether oxygens (including phenoxy) is 6. The van der Waals surface area contributed by atoms with Crippen molar-refractivity contribution in [2.75, 3.05) is 99.7 Å². The van der Waals surface area contributed by atoms with Crippen molar-refractivity contribution in [1.29, 1.82) is 0 Å². The van der Waals surface area contributed by atoms with Crippen molar-refractivity contribution in [3.8, 4) is 0 Å². The summed E-state index contributed by atoms with van der Waals surface area (Å²) in [6.45, 7) is -5.46. The van der Waals surface area contributed by atoms with Crippen LogP contribution in [0.15, 0.2) is 0 Å². The number of halogens is 12. The van der Waals surface area contributed by atoms with Gasteiger partial charge in [0.1, 0.15) is 38.2 Å². The van der Waals surface area contributed by atoms with Crippen molar-refractivity contribution in [3.05, 3.63) is 19.3 Å². The molecular formula is C26H49F12O15Rf3-3. The Morgan fingerprint density at radius 1 is 0.536 bits per heavy atom. The van der Waals surface area contributed by atoms with Crippen molar-refractivity contribution in [2.45, 2.75) is 50.0 Å². The minimum absolute atomic E-state index is 0. The molecule has 0 aliphatic heterocycles. The molecule has 0 fully saturated rings. The Balaban J connectivity index is -0.0000000694. The van der Waals surface area contributed by atoms with Gasteiger partial charge in [-0.3, -0.25) is 0 Å². The van der Waals surface area contributed by atoms with Gasteiger partial charge in [0.2, 0.25) is 0 Å². The van der Waals surface area contributed by atoms with Gasteiger partial charge >= 0.3 is 12.2 Å². The van der Waals surface area contributed by atoms with E-state index < -0.39 is 115 Å². The average molecular weight is 1630 g/mol. The van der Waals surface area contributed by atoms with Crippen LogP contribution in [0, 0.1) is 19.3 Å². The minimum Gasteiger partial charge on any atom is -0.419 e. The Morgan fingerprint density at radius 3 is 1.09 bits per heavy atom. The summed E-state index contributed by atoms with van der Waals surface area (Å²) >= 11 is 0. The molecule has 0 bridgehead atoms. The SMILES string of the molecule is CCC(O)COC[C-](F)F.COCC(O)(F)F.OC(COCCF)COC[C-](F)F.OCC(O)COCC(O)(F)F.OCC(O)COC[C-](F)F.OF.[Rf].[Rf].[Rf]. The summed E-state index contributed by atoms with van der Waals surface area (Å²) in [6.07, 6.45) is -16.4. The number of aliphatic hydroxyl groups is 8. The standard InChI is InChI=1S/C7H12F3O3.C6H11F2O2.C5H10F2O4.C5H9F2O3.C3H6F2O2.FHO.3Rf/c8-1-2-12-3-6(11)4-13-5-7(9)10;1-2-5(9)3-10-4-6(7)8;6-5(7,10)3-11-2-4(9)1-8;6-5(7)3-10-2-4(9)1-8;1-7-2-3(4,5)6;1-2;;;/h6,11H,1-5H2;5,9H,2-4H2,1H3;4,8-10H,1-3H2;4,8-9H,1-3H2;6H,2H2,1H3;2H;;;/q2*-1;;-1;;;;;.